The van der Waals surface area contributed by atoms with Gasteiger partial charge in [0, 0.05) is 30.7 Å². The Hall–Kier alpha value is -2.16. The average Bonchev–Trinajstić information content (AvgIpc) is 3.41. The van der Waals surface area contributed by atoms with Crippen LogP contribution in [0, 0.1) is 6.92 Å². The Labute approximate surface area is 195 Å². The maximum absolute atomic E-state index is 13.7. The molecule has 0 radical (unpaired) electrons. The van der Waals surface area contributed by atoms with E-state index in [0.717, 1.165) is 51.0 Å². The highest BCUT2D eigenvalue weighted by atomic mass is 32.2. The third-order valence-corrected chi connectivity index (χ3v) is 8.39. The molecule has 0 N–H and O–H groups in total. The number of fused-ring (bicyclic) bond motifs is 3. The molecule has 0 spiro atoms. The third kappa shape index (κ3) is 4.23. The van der Waals surface area contributed by atoms with Crippen molar-refractivity contribution in [2.45, 2.75) is 63.2 Å². The summed E-state index contributed by atoms with van der Waals surface area (Å²) in [5, 5.41) is 1.49. The molecule has 0 saturated carbocycles. The number of ether oxygens (including phenoxy) is 1. The molecule has 8 heteroatoms. The molecular formula is C24H27N3O3S2. The first-order valence-corrected chi connectivity index (χ1v) is 12.9. The topological polar surface area (TPSA) is 64.4 Å². The molecule has 2 aromatic heterocycles. The maximum atomic E-state index is 13.7. The number of rotatable bonds is 5. The molecule has 2 aliphatic heterocycles. The van der Waals surface area contributed by atoms with Crippen LogP contribution in [0.25, 0.3) is 10.2 Å². The lowest BCUT2D eigenvalue weighted by molar-refractivity contribution is -0.129. The van der Waals surface area contributed by atoms with Gasteiger partial charge >= 0.3 is 0 Å². The summed E-state index contributed by atoms with van der Waals surface area (Å²) >= 11 is 3.17. The predicted octanol–water partition coefficient (Wildman–Crippen LogP) is 4.14. The number of carbonyl (C=O) groups excluding carboxylic acids is 1. The molecule has 0 aliphatic carbocycles. The Balaban J connectivity index is 1.54. The predicted molar refractivity (Wildman–Crippen MR) is 128 cm³/mol. The van der Waals surface area contributed by atoms with Gasteiger partial charge in [0.05, 0.1) is 24.6 Å². The molecule has 2 aliphatic rings. The zero-order chi connectivity index (χ0) is 22.2. The van der Waals surface area contributed by atoms with Crippen molar-refractivity contribution in [2.24, 2.45) is 0 Å². The fourth-order valence-electron chi connectivity index (χ4n) is 4.54. The van der Waals surface area contributed by atoms with Crippen molar-refractivity contribution in [2.75, 3.05) is 13.2 Å². The van der Waals surface area contributed by atoms with Crippen molar-refractivity contribution in [3.05, 3.63) is 56.2 Å². The lowest BCUT2D eigenvalue weighted by atomic mass is 10.1. The van der Waals surface area contributed by atoms with E-state index in [4.69, 9.17) is 9.72 Å². The van der Waals surface area contributed by atoms with E-state index in [1.165, 1.54) is 11.1 Å². The van der Waals surface area contributed by atoms with Crippen LogP contribution < -0.4 is 5.56 Å². The Morgan fingerprint density at radius 2 is 2.25 bits per heavy atom. The second-order valence-corrected chi connectivity index (χ2v) is 10.6. The summed E-state index contributed by atoms with van der Waals surface area (Å²) in [4.78, 5) is 34.3. The van der Waals surface area contributed by atoms with Crippen LogP contribution in [-0.4, -0.2) is 39.6 Å². The maximum Gasteiger partial charge on any atom is 0.263 e. The Morgan fingerprint density at radius 3 is 3.00 bits per heavy atom. The standard InChI is InChI=1S/C24H27N3O3S2/c1-15-5-3-6-17(11-15)14-31-24-25-22-21(23(29)27(24)12-18-7-4-10-30-18)19-8-9-26(16(2)28)13-20(19)32-22/h3,5-6,11,18H,4,7-10,12-14H2,1-2H3. The monoisotopic (exact) mass is 469 g/mol. The van der Waals surface area contributed by atoms with Gasteiger partial charge in [-0.25, -0.2) is 4.98 Å². The molecule has 4 heterocycles. The van der Waals surface area contributed by atoms with Crippen LogP contribution in [0.15, 0.2) is 34.2 Å². The van der Waals surface area contributed by atoms with Gasteiger partial charge in [-0.05, 0) is 37.3 Å². The summed E-state index contributed by atoms with van der Waals surface area (Å²) in [6.07, 6.45) is 2.78. The highest BCUT2D eigenvalue weighted by molar-refractivity contribution is 7.98. The largest absolute Gasteiger partial charge is 0.376 e. The molecule has 1 saturated heterocycles. The second kappa shape index (κ2) is 9.00. The molecule has 168 valence electrons. The SMILES string of the molecule is CC(=O)N1CCc2c(sc3nc(SCc4cccc(C)c4)n(CC4CCCO4)c(=O)c23)C1. The Kier molecular flexibility index (Phi) is 6.09. The molecule has 1 atom stereocenters. The number of aryl methyl sites for hydroxylation is 1. The highest BCUT2D eigenvalue weighted by Gasteiger charge is 2.27. The Morgan fingerprint density at radius 1 is 1.38 bits per heavy atom. The van der Waals surface area contributed by atoms with Gasteiger partial charge < -0.3 is 9.64 Å². The molecule has 1 aromatic carbocycles. The van der Waals surface area contributed by atoms with E-state index in [9.17, 15) is 9.59 Å². The molecule has 1 amide bonds. The number of carbonyl (C=O) groups is 1. The fourth-order valence-corrected chi connectivity index (χ4v) is 6.77. The molecule has 1 unspecified atom stereocenters. The van der Waals surface area contributed by atoms with Crippen molar-refractivity contribution >= 4 is 39.2 Å². The van der Waals surface area contributed by atoms with Gasteiger partial charge in [0.25, 0.3) is 5.56 Å². The molecular weight excluding hydrogens is 442 g/mol. The van der Waals surface area contributed by atoms with Gasteiger partial charge in [0.15, 0.2) is 5.16 Å². The normalized spacial score (nSPS) is 18.3. The van der Waals surface area contributed by atoms with Crippen molar-refractivity contribution in [1.82, 2.24) is 14.5 Å². The number of amides is 1. The number of nitrogens with zero attached hydrogens (tertiary/aromatic N) is 3. The molecule has 6 nitrogen and oxygen atoms in total. The lowest BCUT2D eigenvalue weighted by Gasteiger charge is -2.25. The minimum absolute atomic E-state index is 0.0333. The minimum atomic E-state index is 0.0333. The van der Waals surface area contributed by atoms with E-state index in [0.29, 0.717) is 26.1 Å². The van der Waals surface area contributed by atoms with Crippen molar-refractivity contribution < 1.29 is 9.53 Å². The summed E-state index contributed by atoms with van der Waals surface area (Å²) in [5.74, 6) is 0.834. The number of hydrogen-bond acceptors (Lipinski definition) is 6. The van der Waals surface area contributed by atoms with Crippen molar-refractivity contribution in [1.29, 1.82) is 0 Å². The van der Waals surface area contributed by atoms with Crippen LogP contribution in [0.2, 0.25) is 0 Å². The first kappa shape index (κ1) is 21.7. The quantitative estimate of drug-likeness (QED) is 0.415. The summed E-state index contributed by atoms with van der Waals surface area (Å²) < 4.78 is 7.69. The molecule has 32 heavy (non-hydrogen) atoms. The second-order valence-electron chi connectivity index (χ2n) is 8.60. The Bertz CT molecular complexity index is 1230. The van der Waals surface area contributed by atoms with E-state index in [1.807, 2.05) is 9.47 Å². The van der Waals surface area contributed by atoms with E-state index >= 15 is 0 Å². The van der Waals surface area contributed by atoms with Gasteiger partial charge in [-0.15, -0.1) is 11.3 Å². The lowest BCUT2D eigenvalue weighted by Crippen LogP contribution is -2.34. The number of hydrogen-bond donors (Lipinski definition) is 0. The average molecular weight is 470 g/mol. The van der Waals surface area contributed by atoms with Crippen LogP contribution in [0.5, 0.6) is 0 Å². The van der Waals surface area contributed by atoms with Crippen LogP contribution in [0.3, 0.4) is 0 Å². The van der Waals surface area contributed by atoms with E-state index < -0.39 is 0 Å². The summed E-state index contributed by atoms with van der Waals surface area (Å²) in [7, 11) is 0. The van der Waals surface area contributed by atoms with Crippen molar-refractivity contribution in [3.8, 4) is 0 Å². The first-order chi connectivity index (χ1) is 15.5. The van der Waals surface area contributed by atoms with Gasteiger partial charge in [-0.1, -0.05) is 41.6 Å². The van der Waals surface area contributed by atoms with E-state index in [-0.39, 0.29) is 17.6 Å². The van der Waals surface area contributed by atoms with E-state index in [2.05, 4.69) is 31.2 Å². The first-order valence-electron chi connectivity index (χ1n) is 11.1. The van der Waals surface area contributed by atoms with E-state index in [1.54, 1.807) is 30.0 Å². The number of thiophene rings is 1. The molecule has 3 aromatic rings. The molecule has 5 rings (SSSR count). The van der Waals surface area contributed by atoms with Crippen molar-refractivity contribution in [3.63, 3.8) is 0 Å². The zero-order valence-corrected chi connectivity index (χ0v) is 20.1. The van der Waals surface area contributed by atoms with Gasteiger partial charge in [-0.2, -0.15) is 0 Å². The summed E-state index contributed by atoms with van der Waals surface area (Å²) in [6.45, 7) is 6.22. The number of benzene rings is 1. The van der Waals surface area contributed by atoms with Crippen LogP contribution in [-0.2, 0) is 34.8 Å². The smallest absolute Gasteiger partial charge is 0.263 e. The van der Waals surface area contributed by atoms with Gasteiger partial charge in [0.2, 0.25) is 5.91 Å². The highest BCUT2D eigenvalue weighted by Crippen LogP contribution is 2.34. The fraction of sp³-hybridized carbons (Fsp3) is 0.458. The zero-order valence-electron chi connectivity index (χ0n) is 18.4. The van der Waals surface area contributed by atoms with Gasteiger partial charge in [-0.3, -0.25) is 14.2 Å². The third-order valence-electron chi connectivity index (χ3n) is 6.23. The van der Waals surface area contributed by atoms with Gasteiger partial charge in [0.1, 0.15) is 4.83 Å². The molecule has 0 bridgehead atoms. The van der Waals surface area contributed by atoms with Crippen LogP contribution in [0.4, 0.5) is 0 Å². The minimum Gasteiger partial charge on any atom is -0.376 e. The van der Waals surface area contributed by atoms with Crippen LogP contribution in [0.1, 0.15) is 41.3 Å². The summed E-state index contributed by atoms with van der Waals surface area (Å²) in [6, 6.07) is 8.44. The molecule has 1 fully saturated rings. The number of aromatic nitrogens is 2. The number of thioether (sulfide) groups is 1. The summed E-state index contributed by atoms with van der Waals surface area (Å²) in [5.41, 5.74) is 3.56. The van der Waals surface area contributed by atoms with Crippen LogP contribution >= 0.6 is 23.1 Å².